The van der Waals surface area contributed by atoms with Gasteiger partial charge in [-0.25, -0.2) is 0 Å². The molecule has 0 spiro atoms. The van der Waals surface area contributed by atoms with Crippen molar-refractivity contribution in [2.75, 3.05) is 11.9 Å². The molecule has 2 aromatic rings. The first-order valence-electron chi connectivity index (χ1n) is 6.59. The van der Waals surface area contributed by atoms with Crippen molar-refractivity contribution in [2.24, 2.45) is 7.05 Å². The first-order chi connectivity index (χ1) is 10.5. The number of rotatable bonds is 5. The zero-order chi connectivity index (χ0) is 16.1. The molecule has 5 nitrogen and oxygen atoms in total. The van der Waals surface area contributed by atoms with Gasteiger partial charge in [0.15, 0.2) is 5.75 Å². The number of hydrogen-bond donors (Lipinski definition) is 1. The van der Waals surface area contributed by atoms with Gasteiger partial charge in [0.25, 0.3) is 0 Å². The minimum absolute atomic E-state index is 0.279. The molecule has 0 saturated heterocycles. The third-order valence-electron chi connectivity index (χ3n) is 2.71. The lowest BCUT2D eigenvalue weighted by molar-refractivity contribution is -0.111. The first kappa shape index (κ1) is 16.6. The highest BCUT2D eigenvalue weighted by Gasteiger charge is 2.11. The highest BCUT2D eigenvalue weighted by molar-refractivity contribution is 9.10. The van der Waals surface area contributed by atoms with E-state index in [9.17, 15) is 4.79 Å². The molecule has 22 heavy (non-hydrogen) atoms. The minimum atomic E-state index is -0.279. The van der Waals surface area contributed by atoms with Gasteiger partial charge in [-0.05, 0) is 41.1 Å². The molecular weight excluding hydrogens is 370 g/mol. The fraction of sp³-hybridized carbons (Fsp3) is 0.200. The number of aryl methyl sites for hydroxylation is 1. The maximum Gasteiger partial charge on any atom is 0.248 e. The fourth-order valence-corrected chi connectivity index (χ4v) is 2.74. The number of benzene rings is 1. The Bertz CT molecular complexity index is 713. The predicted molar refractivity (Wildman–Crippen MR) is 91.2 cm³/mol. The second-order valence-corrected chi connectivity index (χ2v) is 5.76. The Kier molecular flexibility index (Phi) is 5.63. The van der Waals surface area contributed by atoms with E-state index in [4.69, 9.17) is 16.3 Å². The van der Waals surface area contributed by atoms with Crippen LogP contribution in [0.25, 0.3) is 6.08 Å². The normalized spacial score (nSPS) is 10.9. The first-order valence-corrected chi connectivity index (χ1v) is 7.76. The summed E-state index contributed by atoms with van der Waals surface area (Å²) in [6.45, 7) is 2.35. The van der Waals surface area contributed by atoms with E-state index in [-0.39, 0.29) is 5.91 Å². The van der Waals surface area contributed by atoms with Gasteiger partial charge in [-0.1, -0.05) is 11.6 Å². The molecule has 2 rings (SSSR count). The third-order valence-corrected chi connectivity index (χ3v) is 3.51. The maximum atomic E-state index is 12.0. The van der Waals surface area contributed by atoms with Crippen LogP contribution in [-0.2, 0) is 11.8 Å². The van der Waals surface area contributed by atoms with E-state index in [1.165, 1.54) is 6.08 Å². The average molecular weight is 385 g/mol. The Hall–Kier alpha value is -1.79. The molecule has 0 fully saturated rings. The molecule has 0 aliphatic carbocycles. The van der Waals surface area contributed by atoms with Crippen LogP contribution in [0.4, 0.5) is 5.69 Å². The van der Waals surface area contributed by atoms with Gasteiger partial charge in [-0.15, -0.1) is 0 Å². The standard InChI is InChI=1S/C15H15BrClN3O2/c1-3-22-15-12(16)6-11(17)7-13(15)19-14(21)5-4-10-8-18-20(2)9-10/h4-9H,3H2,1-2H3,(H,19,21)/b5-4+. The molecule has 0 aliphatic heterocycles. The Balaban J connectivity index is 2.15. The quantitative estimate of drug-likeness (QED) is 0.796. The average Bonchev–Trinajstić information content (AvgIpc) is 2.86. The van der Waals surface area contributed by atoms with E-state index in [0.29, 0.717) is 27.5 Å². The van der Waals surface area contributed by atoms with Crippen molar-refractivity contribution in [3.8, 4) is 5.75 Å². The van der Waals surface area contributed by atoms with E-state index < -0.39 is 0 Å². The maximum absolute atomic E-state index is 12.0. The number of halogens is 2. The van der Waals surface area contributed by atoms with Gasteiger partial charge in [0, 0.05) is 29.9 Å². The summed E-state index contributed by atoms with van der Waals surface area (Å²) in [5.74, 6) is 0.272. The van der Waals surface area contributed by atoms with Gasteiger partial charge in [0.05, 0.1) is 23.0 Å². The Morgan fingerprint density at radius 1 is 1.55 bits per heavy atom. The second kappa shape index (κ2) is 7.47. The molecule has 0 saturated carbocycles. The van der Waals surface area contributed by atoms with E-state index in [2.05, 4.69) is 26.3 Å². The number of carbonyl (C=O) groups is 1. The molecule has 0 atom stereocenters. The number of nitrogens with one attached hydrogen (secondary N) is 1. The number of ether oxygens (including phenoxy) is 1. The fourth-order valence-electron chi connectivity index (χ4n) is 1.82. The lowest BCUT2D eigenvalue weighted by Crippen LogP contribution is -2.09. The van der Waals surface area contributed by atoms with Crippen molar-refractivity contribution < 1.29 is 9.53 Å². The number of hydrogen-bond acceptors (Lipinski definition) is 3. The lowest BCUT2D eigenvalue weighted by atomic mass is 10.2. The summed E-state index contributed by atoms with van der Waals surface area (Å²) >= 11 is 9.39. The van der Waals surface area contributed by atoms with Gasteiger partial charge < -0.3 is 10.1 Å². The van der Waals surface area contributed by atoms with Crippen molar-refractivity contribution >= 4 is 45.2 Å². The number of amides is 1. The van der Waals surface area contributed by atoms with Crippen LogP contribution in [0.3, 0.4) is 0 Å². The molecule has 0 unspecified atom stereocenters. The van der Waals surface area contributed by atoms with Crippen LogP contribution in [0.2, 0.25) is 5.02 Å². The van der Waals surface area contributed by atoms with Gasteiger partial charge in [-0.3, -0.25) is 9.48 Å². The van der Waals surface area contributed by atoms with Crippen LogP contribution in [0, 0.1) is 0 Å². The summed E-state index contributed by atoms with van der Waals surface area (Å²) in [7, 11) is 1.81. The highest BCUT2D eigenvalue weighted by atomic mass is 79.9. The summed E-state index contributed by atoms with van der Waals surface area (Å²) in [5.41, 5.74) is 1.36. The molecule has 1 N–H and O–H groups in total. The number of carbonyl (C=O) groups excluding carboxylic acids is 1. The molecule has 1 heterocycles. The summed E-state index contributed by atoms with van der Waals surface area (Å²) in [6.07, 6.45) is 6.60. The molecule has 116 valence electrons. The number of nitrogens with zero attached hydrogens (tertiary/aromatic N) is 2. The number of anilines is 1. The molecule has 0 bridgehead atoms. The lowest BCUT2D eigenvalue weighted by Gasteiger charge is -2.13. The van der Waals surface area contributed by atoms with Crippen molar-refractivity contribution in [1.29, 1.82) is 0 Å². The van der Waals surface area contributed by atoms with E-state index in [1.54, 1.807) is 29.1 Å². The van der Waals surface area contributed by atoms with Gasteiger partial charge in [0.1, 0.15) is 0 Å². The van der Waals surface area contributed by atoms with Crippen LogP contribution in [0.5, 0.6) is 5.75 Å². The smallest absolute Gasteiger partial charge is 0.248 e. The molecular formula is C15H15BrClN3O2. The van der Waals surface area contributed by atoms with Crippen LogP contribution >= 0.6 is 27.5 Å². The van der Waals surface area contributed by atoms with Crippen molar-refractivity contribution in [1.82, 2.24) is 9.78 Å². The van der Waals surface area contributed by atoms with Crippen LogP contribution in [-0.4, -0.2) is 22.3 Å². The molecule has 7 heteroatoms. The second-order valence-electron chi connectivity index (χ2n) is 4.47. The molecule has 1 aromatic carbocycles. The predicted octanol–water partition coefficient (Wildman–Crippen LogP) is 3.89. The molecule has 1 amide bonds. The van der Waals surface area contributed by atoms with E-state index >= 15 is 0 Å². The van der Waals surface area contributed by atoms with Crippen LogP contribution in [0.15, 0.2) is 35.1 Å². The zero-order valence-corrected chi connectivity index (χ0v) is 14.5. The summed E-state index contributed by atoms with van der Waals surface area (Å²) < 4.78 is 7.89. The van der Waals surface area contributed by atoms with Crippen molar-refractivity contribution in [3.05, 3.63) is 45.7 Å². The van der Waals surface area contributed by atoms with Crippen molar-refractivity contribution in [3.63, 3.8) is 0 Å². The Morgan fingerprint density at radius 2 is 2.32 bits per heavy atom. The van der Waals surface area contributed by atoms with Gasteiger partial charge in [0.2, 0.25) is 5.91 Å². The molecule has 0 aliphatic rings. The monoisotopic (exact) mass is 383 g/mol. The Morgan fingerprint density at radius 3 is 2.95 bits per heavy atom. The largest absolute Gasteiger partial charge is 0.491 e. The van der Waals surface area contributed by atoms with Crippen LogP contribution < -0.4 is 10.1 Å². The third kappa shape index (κ3) is 4.35. The zero-order valence-electron chi connectivity index (χ0n) is 12.1. The van der Waals surface area contributed by atoms with E-state index in [0.717, 1.165) is 5.56 Å². The minimum Gasteiger partial charge on any atom is -0.491 e. The highest BCUT2D eigenvalue weighted by Crippen LogP contribution is 2.36. The van der Waals surface area contributed by atoms with Gasteiger partial charge in [-0.2, -0.15) is 5.10 Å². The summed E-state index contributed by atoms with van der Waals surface area (Å²) in [4.78, 5) is 12.0. The molecule has 0 radical (unpaired) electrons. The summed E-state index contributed by atoms with van der Waals surface area (Å²) in [5, 5.41) is 7.29. The summed E-state index contributed by atoms with van der Waals surface area (Å²) in [6, 6.07) is 3.36. The van der Waals surface area contributed by atoms with Crippen LogP contribution in [0.1, 0.15) is 12.5 Å². The molecule has 1 aromatic heterocycles. The van der Waals surface area contributed by atoms with Gasteiger partial charge >= 0.3 is 0 Å². The topological polar surface area (TPSA) is 56.1 Å². The van der Waals surface area contributed by atoms with Crippen molar-refractivity contribution in [2.45, 2.75) is 6.92 Å². The SMILES string of the molecule is CCOc1c(Br)cc(Cl)cc1NC(=O)/C=C/c1cnn(C)c1. The Labute approximate surface area is 142 Å². The number of aromatic nitrogens is 2. The van der Waals surface area contributed by atoms with E-state index in [1.807, 2.05) is 20.2 Å².